The quantitative estimate of drug-likeness (QED) is 0.473. The van der Waals surface area contributed by atoms with Crippen LogP contribution in [0, 0.1) is 17.0 Å². The fourth-order valence-corrected chi connectivity index (χ4v) is 2.19. The van der Waals surface area contributed by atoms with Crippen LogP contribution in [0.4, 0.5) is 5.82 Å². The first kappa shape index (κ1) is 13.9. The number of nitrogens with zero attached hydrogens (tertiary/aromatic N) is 4. The Morgan fingerprint density at radius 1 is 1.71 bits per heavy atom. The topological polar surface area (TPSA) is 64.2 Å². The molecule has 17 heavy (non-hydrogen) atoms. The van der Waals surface area contributed by atoms with Crippen LogP contribution in [0.1, 0.15) is 5.82 Å². The lowest BCUT2D eigenvalue weighted by Crippen LogP contribution is -2.17. The number of thiocarbonyl (C=S) groups is 1. The van der Waals surface area contributed by atoms with Crippen molar-refractivity contribution in [2.75, 3.05) is 19.8 Å². The van der Waals surface area contributed by atoms with Crippen molar-refractivity contribution in [1.82, 2.24) is 14.5 Å². The first-order valence-electron chi connectivity index (χ1n) is 4.94. The van der Waals surface area contributed by atoms with Crippen LogP contribution in [0.2, 0.25) is 0 Å². The molecule has 1 heterocycles. The minimum atomic E-state index is -0.422. The van der Waals surface area contributed by atoms with E-state index in [4.69, 9.17) is 12.2 Å². The van der Waals surface area contributed by atoms with E-state index in [9.17, 15) is 10.1 Å². The van der Waals surface area contributed by atoms with Crippen molar-refractivity contribution < 1.29 is 4.92 Å². The van der Waals surface area contributed by atoms with Crippen molar-refractivity contribution in [3.8, 4) is 0 Å². The third kappa shape index (κ3) is 3.67. The van der Waals surface area contributed by atoms with Gasteiger partial charge in [-0.15, -0.1) is 0 Å². The molecule has 0 aliphatic carbocycles. The number of thioether (sulfide) groups is 1. The summed E-state index contributed by atoms with van der Waals surface area (Å²) >= 11 is 6.62. The standard InChI is InChI=1S/C9H14N4O2S2/c1-7-10-6-8(13(14)15)12(7)4-5-17-9(16)11(2)3/h6H,4-5H2,1-3H3. The molecule has 8 heteroatoms. The molecule has 0 saturated heterocycles. The third-order valence-corrected chi connectivity index (χ3v) is 3.84. The maximum Gasteiger partial charge on any atom is 0.342 e. The van der Waals surface area contributed by atoms with Crippen LogP contribution in [0.3, 0.4) is 0 Å². The predicted molar refractivity (Wildman–Crippen MR) is 72.4 cm³/mol. The second kappa shape index (κ2) is 5.97. The zero-order valence-electron chi connectivity index (χ0n) is 9.91. The molecular formula is C9H14N4O2S2. The molecule has 0 aliphatic heterocycles. The number of imidazole rings is 1. The highest BCUT2D eigenvalue weighted by molar-refractivity contribution is 8.22. The average molecular weight is 274 g/mol. The fourth-order valence-electron chi connectivity index (χ4n) is 1.23. The maximum absolute atomic E-state index is 10.7. The van der Waals surface area contributed by atoms with Crippen molar-refractivity contribution in [3.63, 3.8) is 0 Å². The Morgan fingerprint density at radius 3 is 2.88 bits per heavy atom. The zero-order chi connectivity index (χ0) is 13.0. The van der Waals surface area contributed by atoms with Crippen molar-refractivity contribution in [2.24, 2.45) is 0 Å². The lowest BCUT2D eigenvalue weighted by atomic mass is 10.6. The van der Waals surface area contributed by atoms with E-state index in [1.54, 1.807) is 11.5 Å². The van der Waals surface area contributed by atoms with Gasteiger partial charge >= 0.3 is 5.82 Å². The number of aryl methyl sites for hydroxylation is 1. The molecular weight excluding hydrogens is 260 g/mol. The Hall–Kier alpha value is -1.15. The number of aromatic nitrogens is 2. The first-order valence-corrected chi connectivity index (χ1v) is 6.33. The first-order chi connectivity index (χ1) is 7.93. The van der Waals surface area contributed by atoms with E-state index < -0.39 is 4.92 Å². The van der Waals surface area contributed by atoms with Crippen LogP contribution in [0.15, 0.2) is 6.20 Å². The van der Waals surface area contributed by atoms with Crippen molar-refractivity contribution in [2.45, 2.75) is 13.5 Å². The summed E-state index contributed by atoms with van der Waals surface area (Å²) in [5.41, 5.74) is 0. The van der Waals surface area contributed by atoms with Crippen molar-refractivity contribution in [1.29, 1.82) is 0 Å². The summed E-state index contributed by atoms with van der Waals surface area (Å²) in [7, 11) is 3.75. The highest BCUT2D eigenvalue weighted by Gasteiger charge is 2.16. The summed E-state index contributed by atoms with van der Waals surface area (Å²) in [6.45, 7) is 2.28. The van der Waals surface area contributed by atoms with Crippen LogP contribution in [-0.2, 0) is 6.54 Å². The van der Waals surface area contributed by atoms with E-state index in [1.165, 1.54) is 18.0 Å². The molecule has 0 aromatic carbocycles. The van der Waals surface area contributed by atoms with E-state index in [2.05, 4.69) is 4.98 Å². The average Bonchev–Trinajstić information content (AvgIpc) is 2.60. The van der Waals surface area contributed by atoms with Gasteiger partial charge in [0, 0.05) is 26.8 Å². The monoisotopic (exact) mass is 274 g/mol. The second-order valence-corrected chi connectivity index (χ2v) is 5.31. The predicted octanol–water partition coefficient (Wildman–Crippen LogP) is 1.68. The van der Waals surface area contributed by atoms with Gasteiger partial charge < -0.3 is 15.0 Å². The number of rotatable bonds is 4. The van der Waals surface area contributed by atoms with Gasteiger partial charge in [0.1, 0.15) is 17.1 Å². The van der Waals surface area contributed by atoms with Crippen LogP contribution in [-0.4, -0.2) is 43.5 Å². The summed E-state index contributed by atoms with van der Waals surface area (Å²) in [5, 5.41) is 10.7. The van der Waals surface area contributed by atoms with Crippen molar-refractivity contribution in [3.05, 3.63) is 22.1 Å². The molecule has 0 N–H and O–H groups in total. The number of hydrogen-bond acceptors (Lipinski definition) is 5. The van der Waals surface area contributed by atoms with E-state index in [0.717, 1.165) is 4.32 Å². The zero-order valence-corrected chi connectivity index (χ0v) is 11.5. The highest BCUT2D eigenvalue weighted by Crippen LogP contribution is 2.15. The molecule has 0 bridgehead atoms. The number of nitro groups is 1. The van der Waals surface area contributed by atoms with E-state index in [-0.39, 0.29) is 5.82 Å². The lowest BCUT2D eigenvalue weighted by Gasteiger charge is -2.12. The molecule has 0 spiro atoms. The van der Waals surface area contributed by atoms with Crippen molar-refractivity contribution >= 4 is 34.1 Å². The molecule has 0 fully saturated rings. The molecule has 0 saturated carbocycles. The van der Waals surface area contributed by atoms with Gasteiger partial charge in [0.2, 0.25) is 0 Å². The molecule has 0 aliphatic rings. The maximum atomic E-state index is 10.7. The molecule has 0 radical (unpaired) electrons. The van der Waals surface area contributed by atoms with Gasteiger partial charge in [-0.05, 0) is 4.92 Å². The van der Waals surface area contributed by atoms with Gasteiger partial charge in [0.25, 0.3) is 0 Å². The van der Waals surface area contributed by atoms with Gasteiger partial charge in [0.15, 0.2) is 5.82 Å². The van der Waals surface area contributed by atoms with E-state index in [1.807, 2.05) is 19.0 Å². The van der Waals surface area contributed by atoms with Crippen LogP contribution < -0.4 is 0 Å². The minimum absolute atomic E-state index is 0.0267. The normalized spacial score (nSPS) is 10.3. The molecule has 0 amide bonds. The Kier molecular flexibility index (Phi) is 4.88. The van der Waals surface area contributed by atoms with Crippen LogP contribution in [0.25, 0.3) is 0 Å². The van der Waals surface area contributed by atoms with Gasteiger partial charge in [-0.2, -0.15) is 0 Å². The van der Waals surface area contributed by atoms with Gasteiger partial charge in [-0.3, -0.25) is 0 Å². The van der Waals surface area contributed by atoms with Crippen LogP contribution in [0.5, 0.6) is 0 Å². The molecule has 94 valence electrons. The van der Waals surface area contributed by atoms with Crippen LogP contribution >= 0.6 is 24.0 Å². The molecule has 1 rings (SSSR count). The van der Waals surface area contributed by atoms with E-state index >= 15 is 0 Å². The van der Waals surface area contributed by atoms with Gasteiger partial charge in [-0.1, -0.05) is 24.0 Å². The SMILES string of the molecule is Cc1ncc([N+](=O)[O-])n1CCSC(=S)N(C)C. The van der Waals surface area contributed by atoms with E-state index in [0.29, 0.717) is 18.1 Å². The minimum Gasteiger partial charge on any atom is -0.364 e. The second-order valence-electron chi connectivity index (χ2n) is 3.58. The largest absolute Gasteiger partial charge is 0.364 e. The Labute approximate surface area is 109 Å². The smallest absolute Gasteiger partial charge is 0.342 e. The number of hydrogen-bond donors (Lipinski definition) is 0. The summed E-state index contributed by atoms with van der Waals surface area (Å²) < 4.78 is 2.36. The summed E-state index contributed by atoms with van der Waals surface area (Å²) in [4.78, 5) is 16.1. The third-order valence-electron chi connectivity index (χ3n) is 2.13. The highest BCUT2D eigenvalue weighted by atomic mass is 32.2. The summed E-state index contributed by atoms with van der Waals surface area (Å²) in [6, 6.07) is 0. The van der Waals surface area contributed by atoms with Gasteiger partial charge in [-0.25, -0.2) is 9.55 Å². The van der Waals surface area contributed by atoms with Gasteiger partial charge in [0.05, 0.1) is 0 Å². The summed E-state index contributed by atoms with van der Waals surface area (Å²) in [6.07, 6.45) is 1.28. The lowest BCUT2D eigenvalue weighted by molar-refractivity contribution is -0.392. The molecule has 6 nitrogen and oxygen atoms in total. The molecule has 1 aromatic heterocycles. The molecule has 0 unspecified atom stereocenters. The Balaban J connectivity index is 2.60. The fraction of sp³-hybridized carbons (Fsp3) is 0.556. The summed E-state index contributed by atoms with van der Waals surface area (Å²) in [5.74, 6) is 1.36. The molecule has 0 atom stereocenters. The molecule has 1 aromatic rings. The Bertz CT molecular complexity index is 431. The Morgan fingerprint density at radius 2 is 2.35 bits per heavy atom.